The first-order valence-corrected chi connectivity index (χ1v) is 6.14. The maximum atomic E-state index is 12.0. The standard InChI is InChI=1S/C11H19F3N2O2/c1-2-9(17)8-5-3-4-6-16(8)10(18)15-7-11(12,13)14/h8-9,17H,2-7H2,1H3,(H,15,18)/t8-,9+/m1/s1. The van der Waals surface area contributed by atoms with Crippen molar-refractivity contribution >= 4 is 6.03 Å². The fraction of sp³-hybridized carbons (Fsp3) is 0.909. The van der Waals surface area contributed by atoms with Gasteiger partial charge in [-0.2, -0.15) is 13.2 Å². The molecule has 2 amide bonds. The smallest absolute Gasteiger partial charge is 0.391 e. The van der Waals surface area contributed by atoms with Crippen LogP contribution in [-0.4, -0.2) is 47.4 Å². The summed E-state index contributed by atoms with van der Waals surface area (Å²) in [4.78, 5) is 13.0. The van der Waals surface area contributed by atoms with Gasteiger partial charge in [-0.1, -0.05) is 6.92 Å². The van der Waals surface area contributed by atoms with Gasteiger partial charge in [-0.15, -0.1) is 0 Å². The zero-order chi connectivity index (χ0) is 13.8. The molecule has 0 aromatic rings. The lowest BCUT2D eigenvalue weighted by Gasteiger charge is -2.38. The quantitative estimate of drug-likeness (QED) is 0.821. The lowest BCUT2D eigenvalue weighted by atomic mass is 9.96. The number of nitrogens with zero attached hydrogens (tertiary/aromatic N) is 1. The minimum absolute atomic E-state index is 0.378. The fourth-order valence-corrected chi connectivity index (χ4v) is 2.16. The third-order valence-corrected chi connectivity index (χ3v) is 3.11. The van der Waals surface area contributed by atoms with Crippen LogP contribution in [0.2, 0.25) is 0 Å². The van der Waals surface area contributed by atoms with E-state index in [1.54, 1.807) is 6.92 Å². The van der Waals surface area contributed by atoms with Crippen molar-refractivity contribution in [3.8, 4) is 0 Å². The minimum atomic E-state index is -4.41. The molecule has 0 aromatic heterocycles. The first-order valence-electron chi connectivity index (χ1n) is 6.14. The van der Waals surface area contributed by atoms with Gasteiger partial charge in [-0.25, -0.2) is 4.79 Å². The summed E-state index contributed by atoms with van der Waals surface area (Å²) in [7, 11) is 0. The van der Waals surface area contributed by atoms with Crippen molar-refractivity contribution in [3.05, 3.63) is 0 Å². The Labute approximate surface area is 104 Å². The summed E-state index contributed by atoms with van der Waals surface area (Å²) in [5.41, 5.74) is 0. The normalized spacial score (nSPS) is 22.7. The lowest BCUT2D eigenvalue weighted by Crippen LogP contribution is -2.54. The van der Waals surface area contributed by atoms with Crippen LogP contribution in [0.25, 0.3) is 0 Å². The second-order valence-electron chi connectivity index (χ2n) is 4.51. The molecule has 0 radical (unpaired) electrons. The Hall–Kier alpha value is -0.980. The molecule has 2 atom stereocenters. The van der Waals surface area contributed by atoms with E-state index in [4.69, 9.17) is 0 Å². The number of piperidine rings is 1. The molecule has 7 heteroatoms. The number of likely N-dealkylation sites (tertiary alicyclic amines) is 1. The first-order chi connectivity index (χ1) is 8.35. The SMILES string of the molecule is CC[C@H](O)[C@H]1CCCCN1C(=O)NCC(F)(F)F. The monoisotopic (exact) mass is 268 g/mol. The number of amides is 2. The van der Waals surface area contributed by atoms with E-state index in [9.17, 15) is 23.1 Å². The summed E-state index contributed by atoms with van der Waals surface area (Å²) in [5.74, 6) is 0. The number of nitrogens with one attached hydrogen (secondary N) is 1. The molecule has 0 unspecified atom stereocenters. The van der Waals surface area contributed by atoms with Crippen LogP contribution >= 0.6 is 0 Å². The molecule has 1 aliphatic heterocycles. The molecule has 4 nitrogen and oxygen atoms in total. The van der Waals surface area contributed by atoms with E-state index in [0.29, 0.717) is 19.4 Å². The number of carbonyl (C=O) groups excluding carboxylic acids is 1. The molecule has 2 N–H and O–H groups in total. The third kappa shape index (κ3) is 4.36. The van der Waals surface area contributed by atoms with Gasteiger partial charge >= 0.3 is 12.2 Å². The van der Waals surface area contributed by atoms with Gasteiger partial charge < -0.3 is 15.3 Å². The number of hydrogen-bond acceptors (Lipinski definition) is 2. The average molecular weight is 268 g/mol. The summed E-state index contributed by atoms with van der Waals surface area (Å²) in [5, 5.41) is 11.6. The van der Waals surface area contributed by atoms with E-state index >= 15 is 0 Å². The topological polar surface area (TPSA) is 52.6 Å². The Kier molecular flexibility index (Phi) is 5.25. The zero-order valence-electron chi connectivity index (χ0n) is 10.3. The average Bonchev–Trinajstić information content (AvgIpc) is 2.34. The number of carbonyl (C=O) groups is 1. The highest BCUT2D eigenvalue weighted by molar-refractivity contribution is 5.74. The van der Waals surface area contributed by atoms with Crippen molar-refractivity contribution in [2.45, 2.75) is 50.9 Å². The highest BCUT2D eigenvalue weighted by Gasteiger charge is 2.33. The maximum Gasteiger partial charge on any atom is 0.405 e. The van der Waals surface area contributed by atoms with Crippen LogP contribution in [0.15, 0.2) is 0 Å². The van der Waals surface area contributed by atoms with Crippen LogP contribution < -0.4 is 5.32 Å². The molecule has 0 spiro atoms. The van der Waals surface area contributed by atoms with Crippen molar-refractivity contribution in [1.29, 1.82) is 0 Å². The molecule has 18 heavy (non-hydrogen) atoms. The second kappa shape index (κ2) is 6.26. The van der Waals surface area contributed by atoms with Gasteiger partial charge in [0.1, 0.15) is 6.54 Å². The van der Waals surface area contributed by atoms with E-state index in [0.717, 1.165) is 12.8 Å². The van der Waals surface area contributed by atoms with Crippen molar-refractivity contribution < 1.29 is 23.1 Å². The Morgan fingerprint density at radius 2 is 2.17 bits per heavy atom. The van der Waals surface area contributed by atoms with E-state index in [1.165, 1.54) is 4.90 Å². The summed E-state index contributed by atoms with van der Waals surface area (Å²) in [6.45, 7) is 0.841. The number of halogens is 3. The fourth-order valence-electron chi connectivity index (χ4n) is 2.16. The van der Waals surface area contributed by atoms with Crippen LogP contribution in [-0.2, 0) is 0 Å². The number of aliphatic hydroxyl groups excluding tert-OH is 1. The van der Waals surface area contributed by atoms with Crippen LogP contribution in [0.4, 0.5) is 18.0 Å². The third-order valence-electron chi connectivity index (χ3n) is 3.11. The Morgan fingerprint density at radius 1 is 1.50 bits per heavy atom. The number of rotatable bonds is 3. The van der Waals surface area contributed by atoms with Gasteiger partial charge in [0.2, 0.25) is 0 Å². The summed E-state index contributed by atoms with van der Waals surface area (Å²) < 4.78 is 36.1. The number of aliphatic hydroxyl groups is 1. The van der Waals surface area contributed by atoms with Crippen molar-refractivity contribution in [2.24, 2.45) is 0 Å². The van der Waals surface area contributed by atoms with Crippen LogP contribution in [0.3, 0.4) is 0 Å². The van der Waals surface area contributed by atoms with Crippen LogP contribution in [0.5, 0.6) is 0 Å². The maximum absolute atomic E-state index is 12.0. The first kappa shape index (κ1) is 15.1. The van der Waals surface area contributed by atoms with E-state index in [1.807, 2.05) is 5.32 Å². The minimum Gasteiger partial charge on any atom is -0.391 e. The molecule has 0 bridgehead atoms. The lowest BCUT2D eigenvalue weighted by molar-refractivity contribution is -0.123. The largest absolute Gasteiger partial charge is 0.405 e. The molecule has 1 aliphatic rings. The molecule has 1 heterocycles. The summed E-state index contributed by atoms with van der Waals surface area (Å²) in [6.07, 6.45) is -2.34. The second-order valence-corrected chi connectivity index (χ2v) is 4.51. The van der Waals surface area contributed by atoms with E-state index in [-0.39, 0.29) is 6.04 Å². The predicted molar refractivity (Wildman–Crippen MR) is 60.1 cm³/mol. The van der Waals surface area contributed by atoms with Crippen molar-refractivity contribution in [3.63, 3.8) is 0 Å². The molecular formula is C11H19F3N2O2. The molecule has 106 valence electrons. The molecule has 1 fully saturated rings. The number of alkyl halides is 3. The Bertz CT molecular complexity index is 284. The molecule has 0 aliphatic carbocycles. The van der Waals surface area contributed by atoms with Gasteiger partial charge in [0, 0.05) is 6.54 Å². The highest BCUT2D eigenvalue weighted by atomic mass is 19.4. The zero-order valence-corrected chi connectivity index (χ0v) is 10.3. The van der Waals surface area contributed by atoms with Gasteiger partial charge in [-0.3, -0.25) is 0 Å². The molecule has 1 rings (SSSR count). The van der Waals surface area contributed by atoms with Gasteiger partial charge in [0.15, 0.2) is 0 Å². The molecular weight excluding hydrogens is 249 g/mol. The Morgan fingerprint density at radius 3 is 2.72 bits per heavy atom. The summed E-state index contributed by atoms with van der Waals surface area (Å²) >= 11 is 0. The predicted octanol–water partition coefficient (Wildman–Crippen LogP) is 1.88. The molecule has 0 aromatic carbocycles. The number of urea groups is 1. The van der Waals surface area contributed by atoms with Crippen LogP contribution in [0, 0.1) is 0 Å². The van der Waals surface area contributed by atoms with Gasteiger partial charge in [0.25, 0.3) is 0 Å². The van der Waals surface area contributed by atoms with E-state index in [2.05, 4.69) is 0 Å². The van der Waals surface area contributed by atoms with Gasteiger partial charge in [0.05, 0.1) is 12.1 Å². The Balaban J connectivity index is 2.57. The van der Waals surface area contributed by atoms with Crippen LogP contribution in [0.1, 0.15) is 32.6 Å². The van der Waals surface area contributed by atoms with Gasteiger partial charge in [-0.05, 0) is 25.7 Å². The van der Waals surface area contributed by atoms with E-state index < -0.39 is 24.9 Å². The molecule has 1 saturated heterocycles. The van der Waals surface area contributed by atoms with Crippen molar-refractivity contribution in [1.82, 2.24) is 10.2 Å². The molecule has 0 saturated carbocycles. The number of hydrogen-bond donors (Lipinski definition) is 2. The van der Waals surface area contributed by atoms with Crippen molar-refractivity contribution in [2.75, 3.05) is 13.1 Å². The summed E-state index contributed by atoms with van der Waals surface area (Å²) in [6, 6.07) is -1.12. The highest BCUT2D eigenvalue weighted by Crippen LogP contribution is 2.21.